The van der Waals surface area contributed by atoms with Crippen molar-refractivity contribution in [1.82, 2.24) is 0 Å². The lowest BCUT2D eigenvalue weighted by atomic mass is 9.92. The second-order valence-corrected chi connectivity index (χ2v) is 4.21. The number of hydrogen-bond donors (Lipinski definition) is 2. The lowest BCUT2D eigenvalue weighted by Crippen LogP contribution is -2.15. The van der Waals surface area contributed by atoms with Crippen molar-refractivity contribution in [2.24, 2.45) is 5.73 Å². The molecule has 0 bridgehead atoms. The highest BCUT2D eigenvalue weighted by molar-refractivity contribution is 6.04. The third kappa shape index (κ3) is 2.33. The van der Waals surface area contributed by atoms with E-state index in [9.17, 15) is 14.7 Å². The molecule has 0 aliphatic heterocycles. The van der Waals surface area contributed by atoms with Gasteiger partial charge in [0.1, 0.15) is 0 Å². The molecule has 0 radical (unpaired) electrons. The Morgan fingerprint density at radius 1 is 1.00 bits per heavy atom. The van der Waals surface area contributed by atoms with E-state index in [1.54, 1.807) is 43.3 Å². The standard InChI is InChI=1S/C15H13NO3/c1-9-5-4-8-11(13(9)14(16)17)10-6-2-3-7-12(10)15(18)19/h2-8H,1H3,(H2,16,17)(H,18,19). The summed E-state index contributed by atoms with van der Waals surface area (Å²) in [6.45, 7) is 1.77. The van der Waals surface area contributed by atoms with Crippen molar-refractivity contribution >= 4 is 11.9 Å². The number of aryl methyl sites for hydroxylation is 1. The Morgan fingerprint density at radius 2 is 1.63 bits per heavy atom. The van der Waals surface area contributed by atoms with Gasteiger partial charge in [-0.15, -0.1) is 0 Å². The van der Waals surface area contributed by atoms with Gasteiger partial charge in [-0.05, 0) is 29.7 Å². The number of hydrogen-bond acceptors (Lipinski definition) is 2. The van der Waals surface area contributed by atoms with E-state index in [4.69, 9.17) is 5.73 Å². The van der Waals surface area contributed by atoms with Crippen LogP contribution < -0.4 is 5.73 Å². The topological polar surface area (TPSA) is 80.4 Å². The maximum absolute atomic E-state index is 11.6. The molecule has 0 atom stereocenters. The van der Waals surface area contributed by atoms with Crippen molar-refractivity contribution in [3.63, 3.8) is 0 Å². The van der Waals surface area contributed by atoms with Gasteiger partial charge in [-0.2, -0.15) is 0 Å². The number of primary amides is 1. The average molecular weight is 255 g/mol. The second-order valence-electron chi connectivity index (χ2n) is 4.21. The van der Waals surface area contributed by atoms with Crippen LogP contribution in [0.5, 0.6) is 0 Å². The molecule has 2 aromatic carbocycles. The van der Waals surface area contributed by atoms with Crippen LogP contribution in [-0.4, -0.2) is 17.0 Å². The highest BCUT2D eigenvalue weighted by Crippen LogP contribution is 2.28. The molecule has 0 fully saturated rings. The zero-order valence-electron chi connectivity index (χ0n) is 10.4. The molecule has 0 aromatic heterocycles. The number of amides is 1. The minimum absolute atomic E-state index is 0.149. The molecule has 19 heavy (non-hydrogen) atoms. The van der Waals surface area contributed by atoms with Crippen molar-refractivity contribution < 1.29 is 14.7 Å². The largest absolute Gasteiger partial charge is 0.478 e. The lowest BCUT2D eigenvalue weighted by molar-refractivity contribution is 0.0697. The van der Waals surface area contributed by atoms with Crippen LogP contribution >= 0.6 is 0 Å². The van der Waals surface area contributed by atoms with Crippen LogP contribution in [0, 0.1) is 6.92 Å². The number of carboxylic acid groups (broad SMARTS) is 1. The molecule has 0 saturated heterocycles. The SMILES string of the molecule is Cc1cccc(-c2ccccc2C(=O)O)c1C(N)=O. The number of carboxylic acids is 1. The van der Waals surface area contributed by atoms with E-state index in [0.717, 1.165) is 5.56 Å². The molecule has 2 aromatic rings. The molecule has 3 N–H and O–H groups in total. The van der Waals surface area contributed by atoms with Gasteiger partial charge in [0.2, 0.25) is 5.91 Å². The Hall–Kier alpha value is -2.62. The summed E-state index contributed by atoms with van der Waals surface area (Å²) in [5.41, 5.74) is 7.67. The van der Waals surface area contributed by atoms with Gasteiger partial charge in [0, 0.05) is 5.56 Å². The normalized spacial score (nSPS) is 10.2. The fraction of sp³-hybridized carbons (Fsp3) is 0.0667. The molecule has 0 aliphatic carbocycles. The number of rotatable bonds is 3. The Balaban J connectivity index is 2.76. The van der Waals surface area contributed by atoms with Gasteiger partial charge in [-0.1, -0.05) is 36.4 Å². The summed E-state index contributed by atoms with van der Waals surface area (Å²) in [5, 5.41) is 9.21. The summed E-state index contributed by atoms with van der Waals surface area (Å²) >= 11 is 0. The third-order valence-electron chi connectivity index (χ3n) is 2.97. The number of aromatic carboxylic acids is 1. The Morgan fingerprint density at radius 3 is 2.26 bits per heavy atom. The molecule has 0 heterocycles. The maximum Gasteiger partial charge on any atom is 0.336 e. The van der Waals surface area contributed by atoms with E-state index in [1.807, 2.05) is 0 Å². The number of carbonyl (C=O) groups is 2. The second kappa shape index (κ2) is 4.94. The average Bonchev–Trinajstić information content (AvgIpc) is 2.37. The third-order valence-corrected chi connectivity index (χ3v) is 2.97. The van der Waals surface area contributed by atoms with Crippen LogP contribution in [0.2, 0.25) is 0 Å². The van der Waals surface area contributed by atoms with Gasteiger partial charge >= 0.3 is 5.97 Å². The molecule has 4 heteroatoms. The van der Waals surface area contributed by atoms with E-state index >= 15 is 0 Å². The van der Waals surface area contributed by atoms with Crippen LogP contribution in [0.25, 0.3) is 11.1 Å². The van der Waals surface area contributed by atoms with Crippen molar-refractivity contribution in [3.8, 4) is 11.1 Å². The minimum atomic E-state index is -1.03. The Bertz CT molecular complexity index is 662. The van der Waals surface area contributed by atoms with E-state index < -0.39 is 11.9 Å². The molecule has 4 nitrogen and oxygen atoms in total. The first-order valence-corrected chi connectivity index (χ1v) is 5.74. The van der Waals surface area contributed by atoms with Crippen LogP contribution in [-0.2, 0) is 0 Å². The van der Waals surface area contributed by atoms with E-state index in [1.165, 1.54) is 6.07 Å². The lowest BCUT2D eigenvalue weighted by Gasteiger charge is -2.12. The minimum Gasteiger partial charge on any atom is -0.478 e. The summed E-state index contributed by atoms with van der Waals surface area (Å²) in [6, 6.07) is 11.8. The Labute approximate surface area is 110 Å². The monoisotopic (exact) mass is 255 g/mol. The zero-order valence-corrected chi connectivity index (χ0v) is 10.4. The molecule has 0 spiro atoms. The molecule has 96 valence electrons. The van der Waals surface area contributed by atoms with Crippen LogP contribution in [0.3, 0.4) is 0 Å². The summed E-state index contributed by atoms with van der Waals surface area (Å²) < 4.78 is 0. The first kappa shape index (κ1) is 12.8. The Kier molecular flexibility index (Phi) is 3.33. The fourth-order valence-corrected chi connectivity index (χ4v) is 2.12. The fourth-order valence-electron chi connectivity index (χ4n) is 2.12. The molecule has 1 amide bonds. The molecular formula is C15H13NO3. The highest BCUT2D eigenvalue weighted by atomic mass is 16.4. The molecule has 0 unspecified atom stereocenters. The molecule has 2 rings (SSSR count). The van der Waals surface area contributed by atoms with Gasteiger partial charge in [0.25, 0.3) is 0 Å². The number of nitrogens with two attached hydrogens (primary N) is 1. The van der Waals surface area contributed by atoms with Crippen LogP contribution in [0.1, 0.15) is 26.3 Å². The van der Waals surface area contributed by atoms with Gasteiger partial charge in [0.05, 0.1) is 5.56 Å². The van der Waals surface area contributed by atoms with E-state index in [0.29, 0.717) is 16.7 Å². The van der Waals surface area contributed by atoms with Crippen LogP contribution in [0.4, 0.5) is 0 Å². The highest BCUT2D eigenvalue weighted by Gasteiger charge is 2.17. The van der Waals surface area contributed by atoms with Crippen molar-refractivity contribution in [2.45, 2.75) is 6.92 Å². The van der Waals surface area contributed by atoms with Gasteiger partial charge < -0.3 is 10.8 Å². The summed E-state index contributed by atoms with van der Waals surface area (Å²) in [4.78, 5) is 22.8. The number of benzene rings is 2. The quantitative estimate of drug-likeness (QED) is 0.884. The molecule has 0 aliphatic rings. The van der Waals surface area contributed by atoms with Gasteiger partial charge in [0.15, 0.2) is 0 Å². The molecule has 0 saturated carbocycles. The van der Waals surface area contributed by atoms with Gasteiger partial charge in [-0.3, -0.25) is 4.79 Å². The van der Waals surface area contributed by atoms with E-state index in [2.05, 4.69) is 0 Å². The summed E-state index contributed by atoms with van der Waals surface area (Å²) in [6.07, 6.45) is 0. The van der Waals surface area contributed by atoms with Crippen molar-refractivity contribution in [1.29, 1.82) is 0 Å². The van der Waals surface area contributed by atoms with Crippen molar-refractivity contribution in [3.05, 3.63) is 59.2 Å². The van der Waals surface area contributed by atoms with Crippen LogP contribution in [0.15, 0.2) is 42.5 Å². The van der Waals surface area contributed by atoms with Gasteiger partial charge in [-0.25, -0.2) is 4.79 Å². The smallest absolute Gasteiger partial charge is 0.336 e. The maximum atomic E-state index is 11.6. The first-order valence-electron chi connectivity index (χ1n) is 5.74. The summed E-state index contributed by atoms with van der Waals surface area (Å²) in [5.74, 6) is -1.60. The number of carbonyl (C=O) groups excluding carboxylic acids is 1. The predicted molar refractivity (Wildman–Crippen MR) is 72.1 cm³/mol. The summed E-state index contributed by atoms with van der Waals surface area (Å²) in [7, 11) is 0. The zero-order chi connectivity index (χ0) is 14.0. The van der Waals surface area contributed by atoms with Crippen molar-refractivity contribution in [2.75, 3.05) is 0 Å². The first-order chi connectivity index (χ1) is 9.02. The predicted octanol–water partition coefficient (Wildman–Crippen LogP) is 2.46. The molecular weight excluding hydrogens is 242 g/mol. The van der Waals surface area contributed by atoms with E-state index in [-0.39, 0.29) is 5.56 Å².